The Labute approximate surface area is 105 Å². The quantitative estimate of drug-likeness (QED) is 0.687. The largest absolute Gasteiger partial charge is 0.363 e. The Morgan fingerprint density at radius 2 is 2.12 bits per heavy atom. The summed E-state index contributed by atoms with van der Waals surface area (Å²) in [5, 5.41) is 0. The topological polar surface area (TPSA) is 32.7 Å². The molecular formula is C14H24N2O. The van der Waals surface area contributed by atoms with Crippen LogP contribution in [0.25, 0.3) is 0 Å². The van der Waals surface area contributed by atoms with Crippen molar-refractivity contribution < 1.29 is 4.79 Å². The molecule has 17 heavy (non-hydrogen) atoms. The Bertz CT molecular complexity index is 342. The molecule has 0 aromatic carbocycles. The fraction of sp³-hybridized carbons (Fsp3) is 0.714. The molecule has 1 heterocycles. The van der Waals surface area contributed by atoms with Gasteiger partial charge in [0.15, 0.2) is 5.78 Å². The van der Waals surface area contributed by atoms with E-state index >= 15 is 0 Å². The summed E-state index contributed by atoms with van der Waals surface area (Å²) in [5.74, 6) is 1.26. The van der Waals surface area contributed by atoms with Gasteiger partial charge in [-0.15, -0.1) is 0 Å². The number of amidine groups is 1. The van der Waals surface area contributed by atoms with Gasteiger partial charge in [-0.2, -0.15) is 0 Å². The highest BCUT2D eigenvalue weighted by Crippen LogP contribution is 2.17. The maximum atomic E-state index is 12.1. The SMILES string of the molecule is CCCC(=O)C(N=C1CCCN1C)=C(C)CC. The van der Waals surface area contributed by atoms with Crippen LogP contribution >= 0.6 is 0 Å². The van der Waals surface area contributed by atoms with Gasteiger partial charge < -0.3 is 4.90 Å². The van der Waals surface area contributed by atoms with Gasteiger partial charge in [0.2, 0.25) is 0 Å². The van der Waals surface area contributed by atoms with Crippen molar-refractivity contribution in [3.8, 4) is 0 Å². The first-order valence-corrected chi connectivity index (χ1v) is 6.61. The second-order valence-electron chi connectivity index (χ2n) is 4.71. The van der Waals surface area contributed by atoms with E-state index in [9.17, 15) is 4.79 Å². The molecule has 0 aliphatic carbocycles. The summed E-state index contributed by atoms with van der Waals surface area (Å²) in [6.45, 7) is 7.18. The summed E-state index contributed by atoms with van der Waals surface area (Å²) in [6, 6.07) is 0. The van der Waals surface area contributed by atoms with Gasteiger partial charge >= 0.3 is 0 Å². The zero-order valence-corrected chi connectivity index (χ0v) is 11.5. The van der Waals surface area contributed by atoms with Crippen LogP contribution < -0.4 is 0 Å². The third-order valence-corrected chi connectivity index (χ3v) is 3.25. The van der Waals surface area contributed by atoms with Crippen molar-refractivity contribution in [2.24, 2.45) is 4.99 Å². The minimum atomic E-state index is 0.194. The third-order valence-electron chi connectivity index (χ3n) is 3.25. The number of aliphatic imine (C=N–C) groups is 1. The number of hydrogen-bond acceptors (Lipinski definition) is 2. The molecule has 1 rings (SSSR count). The van der Waals surface area contributed by atoms with Crippen molar-refractivity contribution in [2.75, 3.05) is 13.6 Å². The van der Waals surface area contributed by atoms with Crippen LogP contribution in [0.5, 0.6) is 0 Å². The molecule has 0 amide bonds. The van der Waals surface area contributed by atoms with E-state index in [1.807, 2.05) is 13.8 Å². The molecule has 0 spiro atoms. The Balaban J connectivity index is 2.96. The first kappa shape index (κ1) is 13.9. The van der Waals surface area contributed by atoms with Gasteiger partial charge in [0.25, 0.3) is 0 Å². The van der Waals surface area contributed by atoms with Crippen LogP contribution in [0.15, 0.2) is 16.3 Å². The standard InChI is InChI=1S/C14H24N2O/c1-5-8-12(17)14(11(3)6-2)15-13-9-7-10-16(13)4/h5-10H2,1-4H3. The molecule has 0 N–H and O–H groups in total. The van der Waals surface area contributed by atoms with E-state index in [4.69, 9.17) is 0 Å². The maximum absolute atomic E-state index is 12.1. The van der Waals surface area contributed by atoms with Crippen molar-refractivity contribution >= 4 is 11.6 Å². The number of nitrogens with zero attached hydrogens (tertiary/aromatic N) is 2. The molecular weight excluding hydrogens is 212 g/mol. The Morgan fingerprint density at radius 3 is 2.59 bits per heavy atom. The number of hydrogen-bond donors (Lipinski definition) is 0. The maximum Gasteiger partial charge on any atom is 0.181 e. The van der Waals surface area contributed by atoms with E-state index in [1.165, 1.54) is 0 Å². The van der Waals surface area contributed by atoms with E-state index in [2.05, 4.69) is 23.9 Å². The lowest BCUT2D eigenvalue weighted by atomic mass is 10.1. The smallest absolute Gasteiger partial charge is 0.181 e. The molecule has 0 aromatic heterocycles. The number of carbonyl (C=O) groups is 1. The molecule has 3 nitrogen and oxygen atoms in total. The summed E-state index contributed by atoms with van der Waals surface area (Å²) in [7, 11) is 2.05. The molecule has 0 radical (unpaired) electrons. The number of carbonyl (C=O) groups excluding carboxylic acids is 1. The summed E-state index contributed by atoms with van der Waals surface area (Å²) in [4.78, 5) is 18.8. The van der Waals surface area contributed by atoms with Crippen molar-refractivity contribution in [1.29, 1.82) is 0 Å². The van der Waals surface area contributed by atoms with E-state index < -0.39 is 0 Å². The number of allylic oxidation sites excluding steroid dienone is 2. The fourth-order valence-electron chi connectivity index (χ4n) is 1.97. The van der Waals surface area contributed by atoms with Gasteiger partial charge in [-0.1, -0.05) is 13.8 Å². The minimum Gasteiger partial charge on any atom is -0.363 e. The van der Waals surface area contributed by atoms with E-state index in [0.717, 1.165) is 43.6 Å². The monoisotopic (exact) mass is 236 g/mol. The normalized spacial score (nSPS) is 19.8. The molecule has 3 heteroatoms. The van der Waals surface area contributed by atoms with Gasteiger partial charge in [0.1, 0.15) is 11.5 Å². The van der Waals surface area contributed by atoms with Crippen molar-refractivity contribution in [2.45, 2.75) is 52.9 Å². The molecule has 0 bridgehead atoms. The van der Waals surface area contributed by atoms with Crippen LogP contribution in [0.3, 0.4) is 0 Å². The van der Waals surface area contributed by atoms with E-state index in [-0.39, 0.29) is 5.78 Å². The fourth-order valence-corrected chi connectivity index (χ4v) is 1.97. The predicted octanol–water partition coefficient (Wildman–Crippen LogP) is 3.16. The number of likely N-dealkylation sites (tertiary alicyclic amines) is 1. The van der Waals surface area contributed by atoms with Crippen molar-refractivity contribution in [3.05, 3.63) is 11.3 Å². The molecule has 1 aliphatic heterocycles. The van der Waals surface area contributed by atoms with E-state index in [0.29, 0.717) is 12.1 Å². The first-order valence-electron chi connectivity index (χ1n) is 6.61. The second-order valence-corrected chi connectivity index (χ2v) is 4.71. The number of ketones is 1. The second kappa shape index (κ2) is 6.58. The lowest BCUT2D eigenvalue weighted by molar-refractivity contribution is -0.115. The van der Waals surface area contributed by atoms with Crippen molar-refractivity contribution in [3.63, 3.8) is 0 Å². The van der Waals surface area contributed by atoms with Gasteiger partial charge in [-0.25, -0.2) is 4.99 Å². The zero-order valence-electron chi connectivity index (χ0n) is 11.5. The van der Waals surface area contributed by atoms with Crippen molar-refractivity contribution in [1.82, 2.24) is 4.90 Å². The lowest BCUT2D eigenvalue weighted by Crippen LogP contribution is -2.20. The third kappa shape index (κ3) is 3.69. The molecule has 0 saturated carbocycles. The summed E-state index contributed by atoms with van der Waals surface area (Å²) in [6.07, 6.45) is 4.53. The van der Waals surface area contributed by atoms with Gasteiger partial charge in [-0.05, 0) is 31.8 Å². The number of Topliss-reactive ketones (excluding diaryl/α,β-unsaturated/α-hetero) is 1. The Hall–Kier alpha value is -1.12. The highest BCUT2D eigenvalue weighted by Gasteiger charge is 2.17. The summed E-state index contributed by atoms with van der Waals surface area (Å²) < 4.78 is 0. The summed E-state index contributed by atoms with van der Waals surface area (Å²) in [5.41, 5.74) is 1.81. The molecule has 0 aromatic rings. The lowest BCUT2D eigenvalue weighted by Gasteiger charge is -2.13. The van der Waals surface area contributed by atoms with Gasteiger partial charge in [0, 0.05) is 26.4 Å². The number of rotatable bonds is 5. The summed E-state index contributed by atoms with van der Waals surface area (Å²) >= 11 is 0. The zero-order chi connectivity index (χ0) is 12.8. The minimum absolute atomic E-state index is 0.194. The molecule has 1 fully saturated rings. The van der Waals surface area contributed by atoms with E-state index in [1.54, 1.807) is 0 Å². The molecule has 0 unspecified atom stereocenters. The van der Waals surface area contributed by atoms with Crippen LogP contribution in [-0.4, -0.2) is 30.1 Å². The highest BCUT2D eigenvalue weighted by atomic mass is 16.1. The molecule has 0 atom stereocenters. The van der Waals surface area contributed by atoms with Crippen LogP contribution in [-0.2, 0) is 4.79 Å². The molecule has 1 saturated heterocycles. The Kier molecular flexibility index (Phi) is 5.39. The average molecular weight is 236 g/mol. The molecule has 96 valence electrons. The Morgan fingerprint density at radius 1 is 1.41 bits per heavy atom. The first-order chi connectivity index (χ1) is 8.10. The highest BCUT2D eigenvalue weighted by molar-refractivity contribution is 5.99. The van der Waals surface area contributed by atoms with Crippen LogP contribution in [0.2, 0.25) is 0 Å². The average Bonchev–Trinajstić information content (AvgIpc) is 2.71. The molecule has 1 aliphatic rings. The van der Waals surface area contributed by atoms with Crippen LogP contribution in [0.4, 0.5) is 0 Å². The van der Waals surface area contributed by atoms with Gasteiger partial charge in [-0.3, -0.25) is 4.79 Å². The van der Waals surface area contributed by atoms with Crippen LogP contribution in [0, 0.1) is 0 Å². The van der Waals surface area contributed by atoms with Crippen LogP contribution in [0.1, 0.15) is 52.9 Å². The van der Waals surface area contributed by atoms with Gasteiger partial charge in [0.05, 0.1) is 0 Å². The predicted molar refractivity (Wildman–Crippen MR) is 72.2 cm³/mol.